The second kappa shape index (κ2) is 42.9. The first-order valence-electron chi connectivity index (χ1n) is 23.2. The summed E-state index contributed by atoms with van der Waals surface area (Å²) in [4.78, 5) is 37.5. The second-order valence-corrected chi connectivity index (χ2v) is 15.7. The number of unbranched alkanes of at least 4 members (excludes halogenated alkanes) is 29. The van der Waals surface area contributed by atoms with Gasteiger partial charge in [-0.15, -0.1) is 0 Å². The van der Waals surface area contributed by atoms with Crippen LogP contribution in [0.5, 0.6) is 0 Å². The highest BCUT2D eigenvalue weighted by Crippen LogP contribution is 2.15. The molecule has 0 saturated carbocycles. The van der Waals surface area contributed by atoms with Gasteiger partial charge in [-0.2, -0.15) is 0 Å². The van der Waals surface area contributed by atoms with Crippen molar-refractivity contribution in [2.45, 2.75) is 258 Å². The summed E-state index contributed by atoms with van der Waals surface area (Å²) in [6.45, 7) is 6.56. The summed E-state index contributed by atoms with van der Waals surface area (Å²) in [5, 5.41) is 0. The van der Waals surface area contributed by atoms with Crippen LogP contribution in [0.25, 0.3) is 0 Å². The van der Waals surface area contributed by atoms with Gasteiger partial charge in [-0.3, -0.25) is 14.4 Å². The Morgan fingerprint density at radius 1 is 0.358 bits per heavy atom. The predicted octanol–water partition coefficient (Wildman–Crippen LogP) is 14.6. The molecule has 0 amide bonds. The number of allylic oxidation sites excluding steroid dienone is 2. The molecule has 0 rings (SSSR count). The summed E-state index contributed by atoms with van der Waals surface area (Å²) in [5.74, 6) is -0.883. The van der Waals surface area contributed by atoms with Crippen LogP contribution in [-0.2, 0) is 28.6 Å². The lowest BCUT2D eigenvalue weighted by atomic mass is 10.0. The first-order valence-corrected chi connectivity index (χ1v) is 23.2. The Kier molecular flexibility index (Phi) is 41.4. The van der Waals surface area contributed by atoms with Crippen LogP contribution in [0.3, 0.4) is 0 Å². The van der Waals surface area contributed by atoms with Crippen molar-refractivity contribution in [2.24, 2.45) is 0 Å². The molecule has 0 bridgehead atoms. The Balaban J connectivity index is 4.19. The molecule has 0 N–H and O–H groups in total. The highest BCUT2D eigenvalue weighted by atomic mass is 16.6. The second-order valence-electron chi connectivity index (χ2n) is 15.7. The predicted molar refractivity (Wildman–Crippen MR) is 224 cm³/mol. The third-order valence-corrected chi connectivity index (χ3v) is 10.3. The van der Waals surface area contributed by atoms with Gasteiger partial charge in [0.15, 0.2) is 6.10 Å². The maximum absolute atomic E-state index is 12.7. The molecule has 0 aliphatic rings. The van der Waals surface area contributed by atoms with E-state index in [2.05, 4.69) is 32.9 Å². The fourth-order valence-electron chi connectivity index (χ4n) is 6.73. The van der Waals surface area contributed by atoms with Crippen LogP contribution in [0.15, 0.2) is 12.2 Å². The molecule has 0 fully saturated rings. The van der Waals surface area contributed by atoms with Crippen LogP contribution in [-0.4, -0.2) is 37.2 Å². The number of hydrogen-bond acceptors (Lipinski definition) is 6. The summed E-state index contributed by atoms with van der Waals surface area (Å²) in [6.07, 6.45) is 45.1. The van der Waals surface area contributed by atoms with Gasteiger partial charge in [0.1, 0.15) is 13.2 Å². The zero-order chi connectivity index (χ0) is 38.7. The fraction of sp³-hybridized carbons (Fsp3) is 0.894. The van der Waals surface area contributed by atoms with Crippen molar-refractivity contribution in [3.05, 3.63) is 12.2 Å². The van der Waals surface area contributed by atoms with Crippen LogP contribution in [0.4, 0.5) is 0 Å². The van der Waals surface area contributed by atoms with Crippen molar-refractivity contribution in [1.82, 2.24) is 0 Å². The summed E-state index contributed by atoms with van der Waals surface area (Å²) in [5.41, 5.74) is 0. The fourth-order valence-corrected chi connectivity index (χ4v) is 6.73. The number of carbonyl (C=O) groups is 3. The molecule has 6 heteroatoms. The number of carbonyl (C=O) groups excluding carboxylic acids is 3. The summed E-state index contributed by atoms with van der Waals surface area (Å²) < 4.78 is 16.6. The number of rotatable bonds is 42. The average molecular weight is 749 g/mol. The Labute approximate surface area is 329 Å². The van der Waals surface area contributed by atoms with Gasteiger partial charge in [0.25, 0.3) is 0 Å². The normalized spacial score (nSPS) is 12.0. The SMILES string of the molecule is CCCCCCCCC/C=C\CCCCCCCC(=O)OCC(COC(=O)CCCCCCC)OC(=O)CCCCCCCCCCCCCCCC. The lowest BCUT2D eigenvalue weighted by Crippen LogP contribution is -2.30. The smallest absolute Gasteiger partial charge is 0.306 e. The maximum atomic E-state index is 12.7. The largest absolute Gasteiger partial charge is 0.462 e. The average Bonchev–Trinajstić information content (AvgIpc) is 3.15. The first-order chi connectivity index (χ1) is 26.0. The third-order valence-electron chi connectivity index (χ3n) is 10.3. The van der Waals surface area contributed by atoms with E-state index in [9.17, 15) is 14.4 Å². The minimum absolute atomic E-state index is 0.0704. The highest BCUT2D eigenvalue weighted by Gasteiger charge is 2.19. The van der Waals surface area contributed by atoms with Gasteiger partial charge < -0.3 is 14.2 Å². The van der Waals surface area contributed by atoms with E-state index in [-0.39, 0.29) is 31.1 Å². The van der Waals surface area contributed by atoms with Crippen LogP contribution < -0.4 is 0 Å². The Morgan fingerprint density at radius 3 is 0.943 bits per heavy atom. The van der Waals surface area contributed by atoms with Gasteiger partial charge >= 0.3 is 17.9 Å². The van der Waals surface area contributed by atoms with E-state index >= 15 is 0 Å². The molecule has 0 aliphatic carbocycles. The summed E-state index contributed by atoms with van der Waals surface area (Å²) >= 11 is 0. The molecular weight excluding hydrogens is 661 g/mol. The van der Waals surface area contributed by atoms with Crippen molar-refractivity contribution >= 4 is 17.9 Å². The quantitative estimate of drug-likeness (QED) is 0.0268. The van der Waals surface area contributed by atoms with E-state index in [4.69, 9.17) is 14.2 Å². The standard InChI is InChI=1S/C47H88O6/c1-4-7-10-13-15-17-19-21-23-24-26-27-29-31-34-37-40-46(49)52-43-44(42-51-45(48)39-36-33-12-9-6-3)53-47(50)41-38-35-32-30-28-25-22-20-18-16-14-11-8-5-2/h23-24,44H,4-22,25-43H2,1-3H3/b24-23-. The van der Waals surface area contributed by atoms with E-state index < -0.39 is 6.10 Å². The molecular formula is C47H88O6. The highest BCUT2D eigenvalue weighted by molar-refractivity contribution is 5.71. The maximum Gasteiger partial charge on any atom is 0.306 e. The van der Waals surface area contributed by atoms with Gasteiger partial charge in [-0.05, 0) is 44.9 Å². The lowest BCUT2D eigenvalue weighted by molar-refractivity contribution is -0.167. The number of hydrogen-bond donors (Lipinski definition) is 0. The lowest BCUT2D eigenvalue weighted by Gasteiger charge is -2.18. The molecule has 1 atom stereocenters. The van der Waals surface area contributed by atoms with E-state index in [1.54, 1.807) is 0 Å². The zero-order valence-electron chi connectivity index (χ0n) is 35.6. The van der Waals surface area contributed by atoms with Crippen molar-refractivity contribution in [3.63, 3.8) is 0 Å². The minimum atomic E-state index is -0.763. The molecule has 0 radical (unpaired) electrons. The number of esters is 3. The van der Waals surface area contributed by atoms with Gasteiger partial charge in [-0.25, -0.2) is 0 Å². The van der Waals surface area contributed by atoms with Gasteiger partial charge in [0.05, 0.1) is 0 Å². The summed E-state index contributed by atoms with van der Waals surface area (Å²) in [7, 11) is 0. The van der Waals surface area contributed by atoms with Crippen LogP contribution >= 0.6 is 0 Å². The van der Waals surface area contributed by atoms with Crippen molar-refractivity contribution in [3.8, 4) is 0 Å². The Morgan fingerprint density at radius 2 is 0.623 bits per heavy atom. The molecule has 0 aromatic heterocycles. The zero-order valence-corrected chi connectivity index (χ0v) is 35.6. The summed E-state index contributed by atoms with van der Waals surface area (Å²) in [6, 6.07) is 0. The minimum Gasteiger partial charge on any atom is -0.462 e. The molecule has 1 unspecified atom stereocenters. The number of ether oxygens (including phenoxy) is 3. The van der Waals surface area contributed by atoms with E-state index in [1.165, 1.54) is 141 Å². The molecule has 0 spiro atoms. The molecule has 53 heavy (non-hydrogen) atoms. The van der Waals surface area contributed by atoms with Crippen LogP contribution in [0, 0.1) is 0 Å². The van der Waals surface area contributed by atoms with Crippen molar-refractivity contribution in [2.75, 3.05) is 13.2 Å². The van der Waals surface area contributed by atoms with Gasteiger partial charge in [-0.1, -0.05) is 200 Å². The molecule has 0 aliphatic heterocycles. The van der Waals surface area contributed by atoms with E-state index in [0.29, 0.717) is 19.3 Å². The Hall–Kier alpha value is -1.85. The molecule has 0 aromatic carbocycles. The van der Waals surface area contributed by atoms with Crippen molar-refractivity contribution in [1.29, 1.82) is 0 Å². The molecule has 0 heterocycles. The third kappa shape index (κ3) is 41.2. The van der Waals surface area contributed by atoms with Gasteiger partial charge in [0, 0.05) is 19.3 Å². The molecule has 6 nitrogen and oxygen atoms in total. The monoisotopic (exact) mass is 749 g/mol. The van der Waals surface area contributed by atoms with Crippen LogP contribution in [0.2, 0.25) is 0 Å². The first kappa shape index (κ1) is 51.1. The van der Waals surface area contributed by atoms with E-state index in [0.717, 1.165) is 70.6 Å². The van der Waals surface area contributed by atoms with Crippen LogP contribution in [0.1, 0.15) is 252 Å². The molecule has 0 saturated heterocycles. The van der Waals surface area contributed by atoms with E-state index in [1.807, 2.05) is 0 Å². The topological polar surface area (TPSA) is 78.9 Å². The molecule has 0 aromatic rings. The van der Waals surface area contributed by atoms with Crippen molar-refractivity contribution < 1.29 is 28.6 Å². The molecule has 312 valence electrons. The Bertz CT molecular complexity index is 824. The van der Waals surface area contributed by atoms with Gasteiger partial charge in [0.2, 0.25) is 0 Å².